The van der Waals surface area contributed by atoms with Gasteiger partial charge in [-0.2, -0.15) is 5.10 Å². The lowest BCUT2D eigenvalue weighted by Gasteiger charge is -2.02. The van der Waals surface area contributed by atoms with Crippen molar-refractivity contribution in [2.45, 2.75) is 13.8 Å². The number of hydrogen-bond donors (Lipinski definition) is 2. The predicted octanol–water partition coefficient (Wildman–Crippen LogP) is 1.87. The van der Waals surface area contributed by atoms with E-state index in [0.29, 0.717) is 5.56 Å². The van der Waals surface area contributed by atoms with E-state index in [1.165, 1.54) is 12.5 Å². The zero-order chi connectivity index (χ0) is 10.8. The molecule has 0 aliphatic heterocycles. The summed E-state index contributed by atoms with van der Waals surface area (Å²) in [6, 6.07) is 1.61. The first-order valence-corrected chi connectivity index (χ1v) is 4.53. The van der Waals surface area contributed by atoms with Gasteiger partial charge in [-0.15, -0.1) is 0 Å². The molecule has 15 heavy (non-hydrogen) atoms. The fraction of sp³-hybridized carbons (Fsp3) is 0.200. The predicted molar refractivity (Wildman–Crippen MR) is 54.7 cm³/mol. The van der Waals surface area contributed by atoms with E-state index in [9.17, 15) is 4.79 Å². The average Bonchev–Trinajstić information content (AvgIpc) is 2.82. The van der Waals surface area contributed by atoms with Gasteiger partial charge in [0.1, 0.15) is 6.26 Å². The molecule has 2 N–H and O–H groups in total. The topological polar surface area (TPSA) is 70.9 Å². The summed E-state index contributed by atoms with van der Waals surface area (Å²) >= 11 is 0. The number of H-pyrrole nitrogens is 1. The first-order valence-electron chi connectivity index (χ1n) is 4.53. The molecule has 0 radical (unpaired) electrons. The number of carbonyl (C=O) groups excluding carboxylic acids is 1. The van der Waals surface area contributed by atoms with Crippen LogP contribution in [0.4, 0.5) is 5.69 Å². The minimum absolute atomic E-state index is 0.198. The number of aryl methyl sites for hydroxylation is 2. The molecule has 2 aromatic rings. The zero-order valence-electron chi connectivity index (χ0n) is 8.50. The lowest BCUT2D eigenvalue weighted by molar-refractivity contribution is 0.102. The fourth-order valence-electron chi connectivity index (χ4n) is 1.31. The average molecular weight is 205 g/mol. The number of anilines is 1. The minimum atomic E-state index is -0.198. The highest BCUT2D eigenvalue weighted by Crippen LogP contribution is 2.17. The Balaban J connectivity index is 2.20. The Bertz CT molecular complexity index is 451. The van der Waals surface area contributed by atoms with Gasteiger partial charge in [-0.3, -0.25) is 9.89 Å². The molecule has 0 unspecified atom stereocenters. The molecule has 2 heterocycles. The van der Waals surface area contributed by atoms with Crippen LogP contribution >= 0.6 is 0 Å². The third-order valence-electron chi connectivity index (χ3n) is 2.15. The van der Waals surface area contributed by atoms with Crippen LogP contribution in [0.5, 0.6) is 0 Å². The molecule has 78 valence electrons. The summed E-state index contributed by atoms with van der Waals surface area (Å²) in [6.07, 6.45) is 2.87. The lowest BCUT2D eigenvalue weighted by Crippen LogP contribution is -2.11. The Kier molecular flexibility index (Phi) is 2.29. The number of carbonyl (C=O) groups is 1. The second kappa shape index (κ2) is 3.61. The van der Waals surface area contributed by atoms with E-state index in [-0.39, 0.29) is 5.91 Å². The number of furan rings is 1. The smallest absolute Gasteiger partial charge is 0.259 e. The molecule has 0 aliphatic rings. The summed E-state index contributed by atoms with van der Waals surface area (Å²) in [5.41, 5.74) is 2.82. The van der Waals surface area contributed by atoms with Crippen molar-refractivity contribution in [1.29, 1.82) is 0 Å². The van der Waals surface area contributed by atoms with E-state index >= 15 is 0 Å². The Morgan fingerprint density at radius 1 is 1.53 bits per heavy atom. The highest BCUT2D eigenvalue weighted by molar-refractivity contribution is 6.04. The van der Waals surface area contributed by atoms with Gasteiger partial charge in [-0.1, -0.05) is 0 Å². The van der Waals surface area contributed by atoms with Gasteiger partial charge in [0.15, 0.2) is 0 Å². The molecule has 0 saturated carbocycles. The first kappa shape index (κ1) is 9.51. The molecular weight excluding hydrogens is 194 g/mol. The van der Waals surface area contributed by atoms with Crippen molar-refractivity contribution in [3.63, 3.8) is 0 Å². The number of nitrogens with one attached hydrogen (secondary N) is 2. The molecule has 0 fully saturated rings. The number of aromatic nitrogens is 2. The van der Waals surface area contributed by atoms with Crippen molar-refractivity contribution in [1.82, 2.24) is 10.2 Å². The van der Waals surface area contributed by atoms with Crippen LogP contribution in [-0.2, 0) is 0 Å². The minimum Gasteiger partial charge on any atom is -0.472 e. The van der Waals surface area contributed by atoms with Crippen molar-refractivity contribution < 1.29 is 9.21 Å². The second-order valence-electron chi connectivity index (χ2n) is 3.28. The van der Waals surface area contributed by atoms with Gasteiger partial charge < -0.3 is 9.73 Å². The van der Waals surface area contributed by atoms with Gasteiger partial charge in [0.2, 0.25) is 0 Å². The Morgan fingerprint density at radius 2 is 2.33 bits per heavy atom. The maximum Gasteiger partial charge on any atom is 0.259 e. The van der Waals surface area contributed by atoms with E-state index < -0.39 is 0 Å². The van der Waals surface area contributed by atoms with Gasteiger partial charge >= 0.3 is 0 Å². The van der Waals surface area contributed by atoms with Crippen molar-refractivity contribution in [2.24, 2.45) is 0 Å². The summed E-state index contributed by atoms with van der Waals surface area (Å²) < 4.78 is 4.83. The van der Waals surface area contributed by atoms with Crippen LogP contribution in [0.25, 0.3) is 0 Å². The number of rotatable bonds is 2. The zero-order valence-corrected chi connectivity index (χ0v) is 8.50. The number of amides is 1. The van der Waals surface area contributed by atoms with Gasteiger partial charge in [0, 0.05) is 0 Å². The van der Waals surface area contributed by atoms with Crippen molar-refractivity contribution >= 4 is 11.6 Å². The van der Waals surface area contributed by atoms with Crippen molar-refractivity contribution in [3.05, 3.63) is 35.5 Å². The SMILES string of the molecule is Cc1n[nH]c(C)c1NC(=O)c1ccoc1. The van der Waals surface area contributed by atoms with Crippen LogP contribution in [0.15, 0.2) is 23.0 Å². The monoisotopic (exact) mass is 205 g/mol. The third-order valence-corrected chi connectivity index (χ3v) is 2.15. The maximum atomic E-state index is 11.7. The molecule has 5 heteroatoms. The van der Waals surface area contributed by atoms with Crippen LogP contribution in [0.3, 0.4) is 0 Å². The summed E-state index contributed by atoms with van der Waals surface area (Å²) in [4.78, 5) is 11.7. The van der Waals surface area contributed by atoms with Crippen LogP contribution in [0, 0.1) is 13.8 Å². The van der Waals surface area contributed by atoms with Gasteiger partial charge in [0.25, 0.3) is 5.91 Å². The highest BCUT2D eigenvalue weighted by Gasteiger charge is 2.12. The molecule has 2 aromatic heterocycles. The van der Waals surface area contributed by atoms with Gasteiger partial charge in [0.05, 0.1) is 28.9 Å². The van der Waals surface area contributed by atoms with Crippen molar-refractivity contribution in [2.75, 3.05) is 5.32 Å². The quantitative estimate of drug-likeness (QED) is 0.786. The molecule has 0 atom stereocenters. The molecule has 0 spiro atoms. The molecule has 1 amide bonds. The fourth-order valence-corrected chi connectivity index (χ4v) is 1.31. The number of aromatic amines is 1. The Labute approximate surface area is 86.5 Å². The summed E-state index contributed by atoms with van der Waals surface area (Å²) in [5, 5.41) is 9.55. The van der Waals surface area contributed by atoms with E-state index in [1.807, 2.05) is 13.8 Å². The van der Waals surface area contributed by atoms with Crippen LogP contribution < -0.4 is 5.32 Å². The lowest BCUT2D eigenvalue weighted by atomic mass is 10.2. The van der Waals surface area contributed by atoms with E-state index in [4.69, 9.17) is 4.42 Å². The highest BCUT2D eigenvalue weighted by atomic mass is 16.3. The van der Waals surface area contributed by atoms with Crippen LogP contribution in [0.2, 0.25) is 0 Å². The van der Waals surface area contributed by atoms with E-state index in [0.717, 1.165) is 17.1 Å². The molecule has 0 aliphatic carbocycles. The second-order valence-corrected chi connectivity index (χ2v) is 3.28. The normalized spacial score (nSPS) is 10.3. The van der Waals surface area contributed by atoms with Gasteiger partial charge in [-0.25, -0.2) is 0 Å². The molecule has 0 saturated heterocycles. The van der Waals surface area contributed by atoms with Crippen LogP contribution in [0.1, 0.15) is 21.7 Å². The summed E-state index contributed by atoms with van der Waals surface area (Å²) in [6.45, 7) is 3.68. The molecular formula is C10H11N3O2. The third kappa shape index (κ3) is 1.76. The number of nitrogens with zero attached hydrogens (tertiary/aromatic N) is 1. The summed E-state index contributed by atoms with van der Waals surface area (Å²) in [7, 11) is 0. The van der Waals surface area contributed by atoms with Crippen molar-refractivity contribution in [3.8, 4) is 0 Å². The van der Waals surface area contributed by atoms with E-state index in [2.05, 4.69) is 15.5 Å². The molecule has 5 nitrogen and oxygen atoms in total. The Morgan fingerprint density at radius 3 is 2.87 bits per heavy atom. The van der Waals surface area contributed by atoms with Gasteiger partial charge in [-0.05, 0) is 19.9 Å². The first-order chi connectivity index (χ1) is 7.18. The molecule has 0 aromatic carbocycles. The summed E-state index contributed by atoms with van der Waals surface area (Å²) in [5.74, 6) is -0.198. The Hall–Kier alpha value is -2.04. The molecule has 2 rings (SSSR count). The standard InChI is InChI=1S/C10H11N3O2/c1-6-9(7(2)13-12-6)11-10(14)8-3-4-15-5-8/h3-5H,1-2H3,(H,11,14)(H,12,13). The van der Waals surface area contributed by atoms with E-state index in [1.54, 1.807) is 6.07 Å². The van der Waals surface area contributed by atoms with Crippen LogP contribution in [-0.4, -0.2) is 16.1 Å². The number of hydrogen-bond acceptors (Lipinski definition) is 3. The molecule has 0 bridgehead atoms. The maximum absolute atomic E-state index is 11.7. The largest absolute Gasteiger partial charge is 0.472 e.